The van der Waals surface area contributed by atoms with Crippen LogP contribution in [-0.2, 0) is 5.60 Å². The summed E-state index contributed by atoms with van der Waals surface area (Å²) in [6.07, 6.45) is 4.10. The molecule has 1 aliphatic carbocycles. The van der Waals surface area contributed by atoms with Crippen LogP contribution >= 0.6 is 0 Å². The summed E-state index contributed by atoms with van der Waals surface area (Å²) in [5, 5.41) is 10.1. The molecule has 1 saturated carbocycles. The summed E-state index contributed by atoms with van der Waals surface area (Å²) in [6.45, 7) is 0. The largest absolute Gasteiger partial charge is 0.385 e. The summed E-state index contributed by atoms with van der Waals surface area (Å²) >= 11 is 0. The fourth-order valence-electron chi connectivity index (χ4n) is 1.93. The third-order valence-corrected chi connectivity index (χ3v) is 2.68. The molecule has 1 radical (unpaired) electrons. The van der Waals surface area contributed by atoms with Gasteiger partial charge in [0, 0.05) is 0 Å². The Morgan fingerprint density at radius 2 is 2.08 bits per heavy atom. The van der Waals surface area contributed by atoms with Crippen LogP contribution in [0.25, 0.3) is 0 Å². The second-order valence-electron chi connectivity index (χ2n) is 3.53. The molecule has 63 valence electrons. The Kier molecular flexibility index (Phi) is 1.89. The number of hydrogen-bond acceptors (Lipinski definition) is 1. The van der Waals surface area contributed by atoms with E-state index < -0.39 is 5.60 Å². The van der Waals surface area contributed by atoms with E-state index >= 15 is 0 Å². The van der Waals surface area contributed by atoms with Crippen molar-refractivity contribution in [2.45, 2.75) is 31.3 Å². The van der Waals surface area contributed by atoms with Crippen molar-refractivity contribution in [3.8, 4) is 0 Å². The number of hydrogen-bond donors (Lipinski definition) is 1. The van der Waals surface area contributed by atoms with E-state index in [1.807, 2.05) is 24.3 Å². The van der Waals surface area contributed by atoms with Gasteiger partial charge in [0.25, 0.3) is 0 Å². The summed E-state index contributed by atoms with van der Waals surface area (Å²) < 4.78 is 0. The molecule has 0 heterocycles. The predicted octanol–water partition coefficient (Wildman–Crippen LogP) is 2.25. The first-order valence-corrected chi connectivity index (χ1v) is 4.50. The molecule has 0 atom stereocenters. The normalized spacial score (nSPS) is 21.1. The SMILES string of the molecule is OC1(c2c[c]ccc2)CCCC1. The van der Waals surface area contributed by atoms with Crippen LogP contribution in [0.15, 0.2) is 24.3 Å². The maximum absolute atomic E-state index is 10.1. The zero-order chi connectivity index (χ0) is 8.44. The predicted molar refractivity (Wildman–Crippen MR) is 47.6 cm³/mol. The van der Waals surface area contributed by atoms with Gasteiger partial charge in [-0.15, -0.1) is 0 Å². The number of benzene rings is 1. The Bertz CT molecular complexity index is 247. The van der Waals surface area contributed by atoms with E-state index in [1.54, 1.807) is 0 Å². The Labute approximate surface area is 73.0 Å². The van der Waals surface area contributed by atoms with Crippen molar-refractivity contribution in [3.05, 3.63) is 35.9 Å². The van der Waals surface area contributed by atoms with E-state index in [9.17, 15) is 5.11 Å². The van der Waals surface area contributed by atoms with Crippen LogP contribution in [0.3, 0.4) is 0 Å². The average Bonchev–Trinajstić information content (AvgIpc) is 2.55. The van der Waals surface area contributed by atoms with Gasteiger partial charge in [-0.25, -0.2) is 0 Å². The molecule has 0 aliphatic heterocycles. The van der Waals surface area contributed by atoms with Crippen LogP contribution in [0.1, 0.15) is 31.2 Å². The summed E-state index contributed by atoms with van der Waals surface area (Å²) in [5.41, 5.74) is 0.486. The Hall–Kier alpha value is -0.820. The topological polar surface area (TPSA) is 20.2 Å². The van der Waals surface area contributed by atoms with Crippen molar-refractivity contribution in [3.63, 3.8) is 0 Å². The lowest BCUT2D eigenvalue weighted by Crippen LogP contribution is -2.20. The molecule has 0 aromatic heterocycles. The monoisotopic (exact) mass is 161 g/mol. The standard InChI is InChI=1S/C11H13O/c12-11(8-4-5-9-11)10-6-2-1-3-7-10/h1-2,6-7,12H,4-5,8-9H2. The Morgan fingerprint density at radius 3 is 2.67 bits per heavy atom. The molecule has 0 spiro atoms. The Balaban J connectivity index is 2.29. The molecule has 1 heteroatoms. The zero-order valence-corrected chi connectivity index (χ0v) is 7.09. The van der Waals surface area contributed by atoms with Crippen LogP contribution in [0.4, 0.5) is 0 Å². The molecule has 0 unspecified atom stereocenters. The van der Waals surface area contributed by atoms with E-state index in [1.165, 1.54) is 0 Å². The van der Waals surface area contributed by atoms with Gasteiger partial charge < -0.3 is 5.11 Å². The highest BCUT2D eigenvalue weighted by Gasteiger charge is 2.32. The lowest BCUT2D eigenvalue weighted by molar-refractivity contribution is 0.0444. The first-order chi connectivity index (χ1) is 5.81. The first-order valence-electron chi connectivity index (χ1n) is 4.50. The minimum atomic E-state index is -0.544. The van der Waals surface area contributed by atoms with E-state index in [0.29, 0.717) is 0 Å². The fourth-order valence-corrected chi connectivity index (χ4v) is 1.93. The average molecular weight is 161 g/mol. The van der Waals surface area contributed by atoms with Crippen LogP contribution in [0, 0.1) is 6.07 Å². The Morgan fingerprint density at radius 1 is 1.33 bits per heavy atom. The van der Waals surface area contributed by atoms with Gasteiger partial charge >= 0.3 is 0 Å². The van der Waals surface area contributed by atoms with Gasteiger partial charge in [0.05, 0.1) is 5.60 Å². The third-order valence-electron chi connectivity index (χ3n) is 2.68. The van der Waals surface area contributed by atoms with Crippen molar-refractivity contribution in [2.75, 3.05) is 0 Å². The van der Waals surface area contributed by atoms with Gasteiger partial charge in [-0.1, -0.05) is 31.0 Å². The molecule has 1 aliphatic rings. The number of aliphatic hydroxyl groups is 1. The van der Waals surface area contributed by atoms with Gasteiger partial charge in [0.1, 0.15) is 0 Å². The molecule has 1 fully saturated rings. The molecule has 12 heavy (non-hydrogen) atoms. The van der Waals surface area contributed by atoms with E-state index in [-0.39, 0.29) is 0 Å². The molecule has 1 N–H and O–H groups in total. The van der Waals surface area contributed by atoms with Gasteiger partial charge in [-0.05, 0) is 30.5 Å². The number of rotatable bonds is 1. The lowest BCUT2D eigenvalue weighted by atomic mass is 9.92. The second-order valence-corrected chi connectivity index (χ2v) is 3.53. The molecule has 0 bridgehead atoms. The maximum Gasteiger partial charge on any atom is 0.0896 e. The second kappa shape index (κ2) is 2.91. The van der Waals surface area contributed by atoms with Crippen LogP contribution in [0.5, 0.6) is 0 Å². The molecule has 2 rings (SSSR count). The lowest BCUT2D eigenvalue weighted by Gasteiger charge is -2.22. The van der Waals surface area contributed by atoms with Gasteiger partial charge in [-0.2, -0.15) is 0 Å². The molecule has 1 aromatic carbocycles. The highest BCUT2D eigenvalue weighted by molar-refractivity contribution is 5.22. The van der Waals surface area contributed by atoms with Crippen LogP contribution < -0.4 is 0 Å². The molecule has 0 saturated heterocycles. The summed E-state index contributed by atoms with van der Waals surface area (Å²) in [5.74, 6) is 0. The fraction of sp³-hybridized carbons (Fsp3) is 0.455. The molecular formula is C11H13O. The summed E-state index contributed by atoms with van der Waals surface area (Å²) in [4.78, 5) is 0. The molecule has 1 nitrogen and oxygen atoms in total. The minimum absolute atomic E-state index is 0.544. The van der Waals surface area contributed by atoms with Crippen molar-refractivity contribution < 1.29 is 5.11 Å². The van der Waals surface area contributed by atoms with Crippen molar-refractivity contribution in [1.29, 1.82) is 0 Å². The van der Waals surface area contributed by atoms with Gasteiger partial charge in [-0.3, -0.25) is 0 Å². The van der Waals surface area contributed by atoms with Crippen molar-refractivity contribution in [2.24, 2.45) is 0 Å². The summed E-state index contributed by atoms with van der Waals surface area (Å²) in [6, 6.07) is 10.7. The van der Waals surface area contributed by atoms with Gasteiger partial charge in [0.15, 0.2) is 0 Å². The van der Waals surface area contributed by atoms with Gasteiger partial charge in [0.2, 0.25) is 0 Å². The smallest absolute Gasteiger partial charge is 0.0896 e. The van der Waals surface area contributed by atoms with Crippen LogP contribution in [-0.4, -0.2) is 5.11 Å². The maximum atomic E-state index is 10.1. The zero-order valence-electron chi connectivity index (χ0n) is 7.09. The highest BCUT2D eigenvalue weighted by Crippen LogP contribution is 2.37. The van der Waals surface area contributed by atoms with E-state index in [4.69, 9.17) is 0 Å². The molecule has 1 aromatic rings. The van der Waals surface area contributed by atoms with Crippen molar-refractivity contribution in [1.82, 2.24) is 0 Å². The highest BCUT2D eigenvalue weighted by atomic mass is 16.3. The van der Waals surface area contributed by atoms with E-state index in [0.717, 1.165) is 31.2 Å². The molecular weight excluding hydrogens is 148 g/mol. The van der Waals surface area contributed by atoms with Crippen molar-refractivity contribution >= 4 is 0 Å². The molecule has 0 amide bonds. The minimum Gasteiger partial charge on any atom is -0.385 e. The third kappa shape index (κ3) is 1.25. The van der Waals surface area contributed by atoms with E-state index in [2.05, 4.69) is 6.07 Å². The first kappa shape index (κ1) is 7.81. The quantitative estimate of drug-likeness (QED) is 0.669. The summed E-state index contributed by atoms with van der Waals surface area (Å²) in [7, 11) is 0. The van der Waals surface area contributed by atoms with Crippen LogP contribution in [0.2, 0.25) is 0 Å².